The van der Waals surface area contributed by atoms with E-state index in [2.05, 4.69) is 21.3 Å². The predicted molar refractivity (Wildman–Crippen MR) is 328 cm³/mol. The maximum Gasteiger partial charge on any atom is 0.246 e. The van der Waals surface area contributed by atoms with Crippen LogP contribution >= 0.6 is 0 Å². The van der Waals surface area contributed by atoms with Crippen molar-refractivity contribution in [3.8, 4) is 0 Å². The molecule has 5 N–H and O–H groups in total. The molecule has 1 fully saturated rings. The van der Waals surface area contributed by atoms with Gasteiger partial charge < -0.3 is 60.7 Å². The van der Waals surface area contributed by atoms with E-state index in [1.807, 2.05) is 54.5 Å². The minimum atomic E-state index is -1.61. The number of aliphatic hydroxyl groups excluding tert-OH is 1. The molecule has 0 spiro atoms. The van der Waals surface area contributed by atoms with Crippen molar-refractivity contribution in [2.75, 3.05) is 55.9 Å². The Balaban J connectivity index is 4.33. The van der Waals surface area contributed by atoms with Crippen LogP contribution in [0.3, 0.4) is 0 Å². The first-order chi connectivity index (χ1) is 39.3. The van der Waals surface area contributed by atoms with Crippen LogP contribution in [0.1, 0.15) is 156 Å². The Morgan fingerprint density at radius 2 is 0.965 bits per heavy atom. The molecular weight excluding hydrogens is 1090 g/mol. The SMILES string of the molecule is C/C=C/C[C@@H](C)[C@@H](O)[C@H]1C(=O)N[C@@H](CC)C(=O)N(C)CC(=O)N(C)[C@@H](C(C)CC)C(=O)N[C@@H](C(C)C)C(=O)N(C)[C@@H](C)C(=O)N[C@@H](CC(C)C)C(=O)N[C@H](C)C(=O)N(C)[C@@H](CC(C)C)C(=O)N(C)[C@@H](CC(C)C)C(=O)N(C)[C@@H](C(C)C)C(=O)N1C. The van der Waals surface area contributed by atoms with Gasteiger partial charge in [0.05, 0.1) is 12.6 Å². The summed E-state index contributed by atoms with van der Waals surface area (Å²) in [5.41, 5.74) is 0. The van der Waals surface area contributed by atoms with Crippen LogP contribution in [0.4, 0.5) is 0 Å². The number of nitrogens with one attached hydrogen (secondary N) is 4. The van der Waals surface area contributed by atoms with E-state index in [9.17, 15) is 48.3 Å². The number of carbonyl (C=O) groups is 11. The molecule has 0 saturated carbocycles. The van der Waals surface area contributed by atoms with Crippen molar-refractivity contribution in [2.45, 2.75) is 223 Å². The zero-order chi connectivity index (χ0) is 66.0. The number of rotatable bonds is 15. The van der Waals surface area contributed by atoms with Gasteiger partial charge >= 0.3 is 0 Å². The second kappa shape index (κ2) is 34.9. The number of amides is 11. The van der Waals surface area contributed by atoms with Crippen molar-refractivity contribution in [3.63, 3.8) is 0 Å². The number of carbonyl (C=O) groups excluding carboxylic acids is 11. The van der Waals surface area contributed by atoms with Gasteiger partial charge in [0.1, 0.15) is 60.4 Å². The molecule has 11 amide bonds. The maximum absolute atomic E-state index is 15.1. The van der Waals surface area contributed by atoms with Crippen LogP contribution in [-0.2, 0) is 52.7 Å². The molecule has 1 heterocycles. The van der Waals surface area contributed by atoms with Crippen LogP contribution in [-0.4, -0.2) is 227 Å². The lowest BCUT2D eigenvalue weighted by Gasteiger charge is -2.41. The number of aliphatic hydroxyl groups is 1. The average molecular weight is 1200 g/mol. The summed E-state index contributed by atoms with van der Waals surface area (Å²) in [6.45, 7) is 29.2. The third-order valence-corrected chi connectivity index (χ3v) is 16.6. The summed E-state index contributed by atoms with van der Waals surface area (Å²) < 4.78 is 0. The van der Waals surface area contributed by atoms with Crippen molar-refractivity contribution >= 4 is 65.0 Å². The Labute approximate surface area is 508 Å². The largest absolute Gasteiger partial charge is 0.390 e. The van der Waals surface area contributed by atoms with Crippen LogP contribution in [0.5, 0.6) is 0 Å². The van der Waals surface area contributed by atoms with Crippen molar-refractivity contribution < 1.29 is 57.8 Å². The average Bonchev–Trinajstić information content (AvgIpc) is 3.34. The highest BCUT2D eigenvalue weighted by Crippen LogP contribution is 2.26. The molecule has 23 heteroatoms. The molecular formula is C62H111N11O12. The number of hydrogen-bond acceptors (Lipinski definition) is 12. The second-order valence-electron chi connectivity index (χ2n) is 25.8. The van der Waals surface area contributed by atoms with Gasteiger partial charge in [0.15, 0.2) is 0 Å². The fourth-order valence-electron chi connectivity index (χ4n) is 10.7. The third kappa shape index (κ3) is 21.1. The first-order valence-electron chi connectivity index (χ1n) is 30.6. The lowest BCUT2D eigenvalue weighted by molar-refractivity contribution is -0.157. The van der Waals surface area contributed by atoms with Gasteiger partial charge in [-0.05, 0) is 94.3 Å². The molecule has 486 valence electrons. The Morgan fingerprint density at radius 3 is 1.42 bits per heavy atom. The molecule has 1 unspecified atom stereocenters. The molecule has 1 aliphatic rings. The molecule has 0 bridgehead atoms. The summed E-state index contributed by atoms with van der Waals surface area (Å²) in [5.74, 6) is -10.0. The molecule has 1 rings (SSSR count). The zero-order valence-electron chi connectivity index (χ0n) is 56.1. The van der Waals surface area contributed by atoms with Gasteiger partial charge in [-0.1, -0.05) is 116 Å². The lowest BCUT2D eigenvalue weighted by Crippen LogP contribution is -2.63. The summed E-state index contributed by atoms with van der Waals surface area (Å²) in [4.78, 5) is 169. The van der Waals surface area contributed by atoms with Crippen LogP contribution in [0.2, 0.25) is 0 Å². The van der Waals surface area contributed by atoms with Gasteiger partial charge in [-0.2, -0.15) is 0 Å². The maximum atomic E-state index is 15.1. The normalized spacial score (nSPS) is 27.2. The van der Waals surface area contributed by atoms with Crippen LogP contribution in [0.15, 0.2) is 12.2 Å². The number of likely N-dealkylation sites (N-methyl/N-ethyl adjacent to an activating group) is 7. The van der Waals surface area contributed by atoms with E-state index >= 15 is 9.59 Å². The van der Waals surface area contributed by atoms with E-state index in [1.165, 1.54) is 87.7 Å². The highest BCUT2D eigenvalue weighted by atomic mass is 16.3. The number of allylic oxidation sites excluding steroid dienone is 2. The van der Waals surface area contributed by atoms with Crippen LogP contribution in [0, 0.1) is 41.4 Å². The number of hydrogen-bond donors (Lipinski definition) is 5. The summed E-state index contributed by atoms with van der Waals surface area (Å²) in [6.07, 6.45) is 3.29. The molecule has 23 nitrogen and oxygen atoms in total. The molecule has 13 atom stereocenters. The fraction of sp³-hybridized carbons (Fsp3) is 0.790. The van der Waals surface area contributed by atoms with E-state index < -0.39 is 162 Å². The second-order valence-corrected chi connectivity index (χ2v) is 25.8. The lowest BCUT2D eigenvalue weighted by atomic mass is 9.91. The first kappa shape index (κ1) is 76.9. The van der Waals surface area contributed by atoms with Gasteiger partial charge in [0.25, 0.3) is 0 Å². The topological polar surface area (TPSA) is 279 Å². The van der Waals surface area contributed by atoms with Crippen molar-refractivity contribution in [1.82, 2.24) is 55.6 Å². The third-order valence-electron chi connectivity index (χ3n) is 16.6. The standard InChI is InChI=1S/C62H111N11O12/c1-25-28-29-40(15)52(75)51-56(79)64-43(27-3)58(81)67(18)33-47(74)71(22)50(39(14)26-2)55(78)66-48(37(10)11)61(84)68(19)42(17)53(76)65-44(30-34(4)5)54(77)63-41(16)57(80)69(20)45(31-35(6)7)59(82)70(21)46(32-36(8)9)60(83)72(23)49(38(12)13)62(85)73(51)24/h25,28,34-46,48-52,75H,26-27,29-33H2,1-24H3,(H,63,77)(H,64,79)(H,65,76)(H,66,78)/b28-25+/t39?,40-,41-,42+,43+,44+,45+,46+,48+,49+,50+,51+,52-/m1/s1. The first-order valence-corrected chi connectivity index (χ1v) is 30.6. The molecule has 0 aromatic carbocycles. The van der Waals surface area contributed by atoms with Gasteiger partial charge in [0, 0.05) is 49.3 Å². The van der Waals surface area contributed by atoms with Gasteiger partial charge in [-0.15, -0.1) is 0 Å². The monoisotopic (exact) mass is 1200 g/mol. The Bertz CT molecular complexity index is 2330. The Kier molecular flexibility index (Phi) is 31.5. The molecule has 85 heavy (non-hydrogen) atoms. The smallest absolute Gasteiger partial charge is 0.246 e. The number of nitrogens with zero attached hydrogens (tertiary/aromatic N) is 7. The highest BCUT2D eigenvalue weighted by molar-refractivity contribution is 5.99. The molecule has 0 aromatic rings. The summed E-state index contributed by atoms with van der Waals surface area (Å²) >= 11 is 0. The summed E-state index contributed by atoms with van der Waals surface area (Å²) in [5, 5.41) is 23.2. The molecule has 0 aliphatic carbocycles. The van der Waals surface area contributed by atoms with E-state index in [4.69, 9.17) is 0 Å². The molecule has 1 saturated heterocycles. The molecule has 0 radical (unpaired) electrons. The van der Waals surface area contributed by atoms with Crippen molar-refractivity contribution in [2.24, 2.45) is 41.4 Å². The summed E-state index contributed by atoms with van der Waals surface area (Å²) in [6, 6.07) is -12.3. The van der Waals surface area contributed by atoms with Crippen molar-refractivity contribution in [1.29, 1.82) is 0 Å². The van der Waals surface area contributed by atoms with Crippen LogP contribution in [0.25, 0.3) is 0 Å². The van der Waals surface area contributed by atoms with E-state index in [1.54, 1.807) is 61.5 Å². The fourth-order valence-corrected chi connectivity index (χ4v) is 10.7. The van der Waals surface area contributed by atoms with Crippen LogP contribution < -0.4 is 21.3 Å². The van der Waals surface area contributed by atoms with E-state index in [0.29, 0.717) is 12.8 Å². The van der Waals surface area contributed by atoms with E-state index in [0.717, 1.165) is 9.80 Å². The minimum Gasteiger partial charge on any atom is -0.390 e. The Morgan fingerprint density at radius 1 is 0.494 bits per heavy atom. The van der Waals surface area contributed by atoms with Crippen molar-refractivity contribution in [3.05, 3.63) is 12.2 Å². The summed E-state index contributed by atoms with van der Waals surface area (Å²) in [7, 11) is 9.89. The van der Waals surface area contributed by atoms with Gasteiger partial charge in [-0.25, -0.2) is 0 Å². The molecule has 0 aromatic heterocycles. The highest BCUT2D eigenvalue weighted by Gasteiger charge is 2.46. The Hall–Kier alpha value is -6.13. The zero-order valence-corrected chi connectivity index (χ0v) is 56.1. The quantitative estimate of drug-likeness (QED) is 0.148. The minimum absolute atomic E-state index is 0.0225. The van der Waals surface area contributed by atoms with E-state index in [-0.39, 0.29) is 43.4 Å². The van der Waals surface area contributed by atoms with Gasteiger partial charge in [0.2, 0.25) is 65.0 Å². The molecule has 1 aliphatic heterocycles. The predicted octanol–water partition coefficient (Wildman–Crippen LogP) is 3.27. The van der Waals surface area contributed by atoms with Gasteiger partial charge in [-0.3, -0.25) is 52.7 Å².